The van der Waals surface area contributed by atoms with Crippen molar-refractivity contribution in [2.24, 2.45) is 5.41 Å². The van der Waals surface area contributed by atoms with Gasteiger partial charge in [0.1, 0.15) is 5.60 Å². The fourth-order valence-corrected chi connectivity index (χ4v) is 9.50. The van der Waals surface area contributed by atoms with Crippen molar-refractivity contribution in [1.29, 1.82) is 0 Å². The highest BCUT2D eigenvalue weighted by atomic mass is 31.2. The van der Waals surface area contributed by atoms with Gasteiger partial charge in [0.05, 0.1) is 25.2 Å². The topological polar surface area (TPSA) is 171 Å². The Labute approximate surface area is 393 Å². The average Bonchev–Trinajstić information content (AvgIpc) is 3.18. The molecule has 0 unspecified atom stereocenters. The number of hydrogen-bond donors (Lipinski definition) is 8. The first-order valence-electron chi connectivity index (χ1n) is 24.6. The smallest absolute Gasteiger partial charge is 0.334 e. The van der Waals surface area contributed by atoms with Gasteiger partial charge in [-0.15, -0.1) is 0 Å². The Morgan fingerprint density at radius 2 is 0.641 bits per heavy atom. The van der Waals surface area contributed by atoms with Crippen LogP contribution in [0.4, 0.5) is 0 Å². The Morgan fingerprint density at radius 3 is 0.828 bits per heavy atom. The second-order valence-corrected chi connectivity index (χ2v) is 24.3. The van der Waals surface area contributed by atoms with Crippen molar-refractivity contribution in [2.45, 2.75) is 240 Å². The molecule has 8 N–H and O–H groups in total. The molecule has 0 amide bonds. The normalized spacial score (nSPS) is 13.2. The van der Waals surface area contributed by atoms with Gasteiger partial charge < -0.3 is 40.0 Å². The van der Waals surface area contributed by atoms with E-state index in [0.29, 0.717) is 0 Å². The van der Waals surface area contributed by atoms with Crippen LogP contribution in [0.3, 0.4) is 0 Å². The van der Waals surface area contributed by atoms with Crippen molar-refractivity contribution in [1.82, 2.24) is 0 Å². The number of hydrogen-bond acceptors (Lipinski definition) is 9. The highest BCUT2D eigenvalue weighted by Crippen LogP contribution is 2.56. The second kappa shape index (κ2) is 27.8. The van der Waals surface area contributed by atoms with Gasteiger partial charge in [0.2, 0.25) is 0 Å². The van der Waals surface area contributed by atoms with Crippen molar-refractivity contribution < 1.29 is 44.3 Å². The van der Waals surface area contributed by atoms with Crippen LogP contribution in [-0.4, -0.2) is 59.8 Å². The summed E-state index contributed by atoms with van der Waals surface area (Å²) in [6, 6.07) is 9.21. The fourth-order valence-electron chi connectivity index (χ4n) is 8.98. The predicted octanol–water partition coefficient (Wildman–Crippen LogP) is 12.9. The summed E-state index contributed by atoms with van der Waals surface area (Å²) in [5, 5.41) is 48.9. The van der Waals surface area contributed by atoms with E-state index in [1.54, 1.807) is 0 Å². The van der Waals surface area contributed by atoms with Crippen LogP contribution in [0, 0.1) is 5.41 Å². The zero-order chi connectivity index (χ0) is 49.2. The summed E-state index contributed by atoms with van der Waals surface area (Å²) in [4.78, 5) is 31.3. The first kappa shape index (κ1) is 61.0. The molecule has 0 bridgehead atoms. The van der Waals surface area contributed by atoms with Crippen LogP contribution in [0.25, 0.3) is 0 Å². The summed E-state index contributed by atoms with van der Waals surface area (Å²) < 4.78 is 3.60. The van der Waals surface area contributed by atoms with E-state index in [9.17, 15) is 20.4 Å². The minimum absolute atomic E-state index is 0.398. The molecule has 0 radical (unpaired) electrons. The molecule has 0 aromatic heterocycles. The molecular formula is C53H96O9P2. The van der Waals surface area contributed by atoms with Gasteiger partial charge in [-0.25, -0.2) is 4.31 Å². The van der Waals surface area contributed by atoms with Crippen LogP contribution >= 0.6 is 17.2 Å². The van der Waals surface area contributed by atoms with E-state index in [1.807, 2.05) is 0 Å². The molecule has 2 rings (SSSR count). The number of unbranched alkanes of at least 4 members (excludes halogenated alkanes) is 14. The SMILES string of the molecule is CCCCCCCCCCc1cc(C(C)(C)C)c(C(O)(c2c(C(C)(C)C)cc(CCCCCCCCCC)cc2C(C)(C)C)C(CO)(CO)CO)c(C(C)(C)C)c1.OP(O)OP(O)O. The number of aliphatic hydroxyl groups excluding tert-OH is 3. The first-order valence-corrected chi connectivity index (χ1v) is 26.9. The van der Waals surface area contributed by atoms with Gasteiger partial charge in [-0.1, -0.05) is 211 Å². The Hall–Kier alpha value is -1.06. The largest absolute Gasteiger partial charge is 0.395 e. The molecule has 0 aliphatic carbocycles. The molecule has 0 heterocycles. The lowest BCUT2D eigenvalue weighted by molar-refractivity contribution is -0.138. The van der Waals surface area contributed by atoms with Gasteiger partial charge in [-0.2, -0.15) is 0 Å². The van der Waals surface area contributed by atoms with Gasteiger partial charge in [0.15, 0.2) is 0 Å². The summed E-state index contributed by atoms with van der Waals surface area (Å²) in [5.74, 6) is 0. The number of aliphatic hydroxyl groups is 4. The van der Waals surface area contributed by atoms with Gasteiger partial charge in [-0.05, 0) is 91.9 Å². The molecule has 0 saturated heterocycles. The fraction of sp³-hybridized carbons (Fsp3) is 0.774. The zero-order valence-electron chi connectivity index (χ0n) is 43.0. The summed E-state index contributed by atoms with van der Waals surface area (Å²) in [6.07, 6.45) is 22.1. The Balaban J connectivity index is 0.00000269. The summed E-state index contributed by atoms with van der Waals surface area (Å²) in [5.41, 5.74) is 2.78. The molecule has 2 aromatic carbocycles. The molecular weight excluding hydrogens is 843 g/mol. The van der Waals surface area contributed by atoms with Gasteiger partial charge in [0.25, 0.3) is 0 Å². The van der Waals surface area contributed by atoms with Crippen LogP contribution in [0.1, 0.15) is 244 Å². The summed E-state index contributed by atoms with van der Waals surface area (Å²) >= 11 is 0. The molecule has 2 aromatic rings. The minimum Gasteiger partial charge on any atom is -0.395 e. The zero-order valence-corrected chi connectivity index (χ0v) is 44.8. The Kier molecular flexibility index (Phi) is 26.5. The third-order valence-corrected chi connectivity index (χ3v) is 14.0. The van der Waals surface area contributed by atoms with E-state index in [4.69, 9.17) is 19.6 Å². The maximum absolute atomic E-state index is 14.4. The number of rotatable bonds is 26. The van der Waals surface area contributed by atoms with Crippen molar-refractivity contribution in [3.8, 4) is 0 Å². The molecule has 0 aliphatic heterocycles. The second-order valence-electron chi connectivity index (χ2n) is 22.6. The molecule has 0 atom stereocenters. The molecule has 9 nitrogen and oxygen atoms in total. The van der Waals surface area contributed by atoms with E-state index < -0.39 is 69.7 Å². The van der Waals surface area contributed by atoms with Crippen molar-refractivity contribution >= 4 is 17.2 Å². The standard InChI is InChI=1S/C53H92O4.H4O5P2/c1-15-17-19-21-23-25-27-29-31-40-33-42(48(3,4)5)46(43(34-40)49(6,7)8)53(57,52(37-54,38-55)39-56)47-44(50(9,10)11)35-41(36-45(47)51(12,13)14)32-30-28-26-24-22-20-18-16-2;1-6(2)5-7(3)4/h33-36,54-57H,15-32,37-39H2,1-14H3;1-4H. The van der Waals surface area contributed by atoms with E-state index in [2.05, 4.69) is 126 Å². The number of benzene rings is 2. The van der Waals surface area contributed by atoms with Crippen molar-refractivity contribution in [3.63, 3.8) is 0 Å². The minimum atomic E-state index is -2.61. The molecule has 0 aliphatic rings. The van der Waals surface area contributed by atoms with Crippen molar-refractivity contribution in [3.05, 3.63) is 68.8 Å². The quantitative estimate of drug-likeness (QED) is 0.0338. The molecule has 0 spiro atoms. The monoisotopic (exact) mass is 939 g/mol. The molecule has 0 fully saturated rings. The molecule has 372 valence electrons. The summed E-state index contributed by atoms with van der Waals surface area (Å²) in [7, 11) is -5.22. The Bertz CT molecular complexity index is 1430. The van der Waals surface area contributed by atoms with E-state index in [1.165, 1.54) is 101 Å². The maximum atomic E-state index is 14.4. The van der Waals surface area contributed by atoms with E-state index in [-0.39, 0.29) is 0 Å². The number of aryl methyl sites for hydroxylation is 2. The van der Waals surface area contributed by atoms with Crippen molar-refractivity contribution in [2.75, 3.05) is 19.8 Å². The van der Waals surface area contributed by atoms with Gasteiger partial charge >= 0.3 is 17.2 Å². The van der Waals surface area contributed by atoms with Crippen LogP contribution in [0.2, 0.25) is 0 Å². The van der Waals surface area contributed by atoms with E-state index in [0.717, 1.165) is 59.1 Å². The molecule has 64 heavy (non-hydrogen) atoms. The third kappa shape index (κ3) is 18.4. The van der Waals surface area contributed by atoms with Crippen LogP contribution in [0.5, 0.6) is 0 Å². The van der Waals surface area contributed by atoms with Gasteiger partial charge in [-0.3, -0.25) is 0 Å². The summed E-state index contributed by atoms with van der Waals surface area (Å²) in [6.45, 7) is 29.3. The van der Waals surface area contributed by atoms with Crippen LogP contribution < -0.4 is 0 Å². The molecule has 11 heteroatoms. The third-order valence-electron chi connectivity index (χ3n) is 12.8. The lowest BCUT2D eigenvalue weighted by Gasteiger charge is -2.52. The maximum Gasteiger partial charge on any atom is 0.334 e. The highest BCUT2D eigenvalue weighted by Gasteiger charge is 2.58. The predicted molar refractivity (Wildman–Crippen MR) is 271 cm³/mol. The Morgan fingerprint density at radius 1 is 0.406 bits per heavy atom. The van der Waals surface area contributed by atoms with E-state index >= 15 is 0 Å². The van der Waals surface area contributed by atoms with Crippen LogP contribution in [-0.2, 0) is 44.4 Å². The molecule has 0 saturated carbocycles. The lowest BCUT2D eigenvalue weighted by atomic mass is 9.56. The first-order chi connectivity index (χ1) is 29.6. The highest BCUT2D eigenvalue weighted by molar-refractivity contribution is 7.53. The average molecular weight is 939 g/mol. The van der Waals surface area contributed by atoms with Gasteiger partial charge in [0, 0.05) is 0 Å². The van der Waals surface area contributed by atoms with Crippen LogP contribution in [0.15, 0.2) is 24.3 Å². The lowest BCUT2D eigenvalue weighted by Crippen LogP contribution is -2.57.